The van der Waals surface area contributed by atoms with E-state index in [1.165, 1.54) is 0 Å². The Morgan fingerprint density at radius 3 is 1.34 bits per heavy atom. The van der Waals surface area contributed by atoms with E-state index in [1.54, 1.807) is 48.5 Å². The van der Waals surface area contributed by atoms with E-state index in [9.17, 15) is 16.8 Å². The molecule has 6 aliphatic rings. The van der Waals surface area contributed by atoms with Crippen LogP contribution < -0.4 is 0 Å². The summed E-state index contributed by atoms with van der Waals surface area (Å²) in [4.78, 5) is 0.429. The molecule has 8 heteroatoms. The smallest absolute Gasteiger partial charge is 0.263 e. The van der Waals surface area contributed by atoms with Crippen molar-refractivity contribution in [2.45, 2.75) is 48.7 Å². The van der Waals surface area contributed by atoms with Crippen LogP contribution in [0.25, 0.3) is 0 Å². The third-order valence-corrected chi connectivity index (χ3v) is 13.8. The molecule has 0 N–H and O–H groups in total. The van der Waals surface area contributed by atoms with E-state index in [-0.39, 0.29) is 33.8 Å². The summed E-state index contributed by atoms with van der Waals surface area (Å²) in [6, 6.07) is 13.7. The molecule has 6 nitrogen and oxygen atoms in total. The van der Waals surface area contributed by atoms with Crippen molar-refractivity contribution in [2.75, 3.05) is 0 Å². The van der Waals surface area contributed by atoms with Crippen molar-refractivity contribution in [3.8, 4) is 0 Å². The molecule has 200 valence electrons. The van der Waals surface area contributed by atoms with Crippen molar-refractivity contribution >= 4 is 20.2 Å². The van der Waals surface area contributed by atoms with E-state index < -0.39 is 20.2 Å². The molecule has 2 aromatic carbocycles. The highest BCUT2D eigenvalue weighted by Crippen LogP contribution is 2.79. The molecule has 38 heavy (non-hydrogen) atoms. The molecule has 0 heterocycles. The molecule has 6 aliphatic carbocycles. The Morgan fingerprint density at radius 1 is 0.553 bits per heavy atom. The number of hydrogen-bond acceptors (Lipinski definition) is 6. The first-order valence-electron chi connectivity index (χ1n) is 13.8. The lowest BCUT2D eigenvalue weighted by Crippen LogP contribution is -2.31. The average molecular weight is 553 g/mol. The van der Waals surface area contributed by atoms with Crippen LogP contribution in [-0.4, -0.2) is 29.0 Å². The number of allylic oxidation sites excluding steroid dienone is 2. The van der Waals surface area contributed by atoms with Gasteiger partial charge in [-0.05, 0) is 110 Å². The van der Waals surface area contributed by atoms with Crippen LogP contribution in [0.3, 0.4) is 0 Å². The lowest BCUT2D eigenvalue weighted by Gasteiger charge is -2.28. The number of benzene rings is 2. The fourth-order valence-corrected chi connectivity index (χ4v) is 12.3. The molecule has 0 aromatic heterocycles. The van der Waals surface area contributed by atoms with Gasteiger partial charge in [0.1, 0.15) is 0 Å². The highest BCUT2D eigenvalue weighted by atomic mass is 32.2. The molecule has 2 unspecified atom stereocenters. The standard InChI is InChI=1S/C30H32O6S2/c1-15-3-7-17(8-4-15)37(31,32)35-23-13-21-22-14-24(36-38(33,34)18-9-5-16(2)6-10-18)27-20-12-11-19-25(20)30(29(22)27)28(21)26(19)23/h3-12,19-30H,13-14H2,1-2H3/t19-,20-,21-,22+,23+,24-,25?,26+,27+,28+,29-,30?/m1/s1. The zero-order valence-electron chi connectivity index (χ0n) is 21.4. The van der Waals surface area contributed by atoms with Crippen LogP contribution in [0.15, 0.2) is 70.5 Å². The van der Waals surface area contributed by atoms with Crippen LogP contribution in [0.5, 0.6) is 0 Å². The Hall–Kier alpha value is -2.00. The van der Waals surface area contributed by atoms with Gasteiger partial charge >= 0.3 is 0 Å². The third-order valence-electron chi connectivity index (χ3n) is 11.1. The van der Waals surface area contributed by atoms with Gasteiger partial charge in [0.15, 0.2) is 0 Å². The summed E-state index contributed by atoms with van der Waals surface area (Å²) in [5.41, 5.74) is 2.01. The molecule has 0 amide bonds. The van der Waals surface area contributed by atoms with Crippen molar-refractivity contribution in [3.05, 3.63) is 71.8 Å². The van der Waals surface area contributed by atoms with Crippen LogP contribution in [-0.2, 0) is 28.6 Å². The Kier molecular flexibility index (Phi) is 4.90. The van der Waals surface area contributed by atoms with Crippen molar-refractivity contribution in [1.82, 2.24) is 0 Å². The second kappa shape index (κ2) is 7.80. The molecule has 0 aliphatic heterocycles. The fraction of sp³-hybridized carbons (Fsp3) is 0.533. The summed E-state index contributed by atoms with van der Waals surface area (Å²) in [5, 5.41) is 0. The normalized spacial score (nSPS) is 43.3. The molecule has 5 saturated carbocycles. The third kappa shape index (κ3) is 3.12. The summed E-state index contributed by atoms with van der Waals surface area (Å²) in [5.74, 6) is 3.68. The van der Waals surface area contributed by atoms with E-state index in [1.807, 2.05) is 13.8 Å². The Bertz CT molecular complexity index is 1430. The fourth-order valence-electron chi connectivity index (χ4n) is 10.1. The predicted molar refractivity (Wildman–Crippen MR) is 140 cm³/mol. The minimum atomic E-state index is -3.86. The number of fused-ring (bicyclic) bond motifs is 3. The number of aryl methyl sites for hydroxylation is 2. The average Bonchev–Trinajstić information content (AvgIpc) is 3.65. The van der Waals surface area contributed by atoms with Crippen molar-refractivity contribution < 1.29 is 25.2 Å². The minimum Gasteiger partial charge on any atom is -0.263 e. The first kappa shape index (κ1) is 23.9. The van der Waals surface area contributed by atoms with E-state index in [2.05, 4.69) is 12.2 Å². The SMILES string of the molecule is Cc1ccc(S(=O)(=O)O[C@H]2C[C@@H]3[C@@H]4C[C@@H](OS(=O)(=O)c5ccc(C)cc5)[C@H]5[C@@H]4C4C6[C@@H](C=C[C@H]65)[C@@H]2[C@@H]43)cc1. The largest absolute Gasteiger partial charge is 0.297 e. The van der Waals surface area contributed by atoms with E-state index >= 15 is 0 Å². The number of hydrogen-bond donors (Lipinski definition) is 0. The van der Waals surface area contributed by atoms with Gasteiger partial charge in [0.25, 0.3) is 20.2 Å². The topological polar surface area (TPSA) is 86.7 Å². The maximum atomic E-state index is 13.3. The highest BCUT2D eigenvalue weighted by molar-refractivity contribution is 7.87. The predicted octanol–water partition coefficient (Wildman–Crippen LogP) is 4.73. The molecule has 0 saturated heterocycles. The molecule has 12 atom stereocenters. The van der Waals surface area contributed by atoms with E-state index in [0.29, 0.717) is 47.3 Å². The lowest BCUT2D eigenvalue weighted by molar-refractivity contribution is 0.108. The molecule has 5 fully saturated rings. The van der Waals surface area contributed by atoms with Crippen molar-refractivity contribution in [1.29, 1.82) is 0 Å². The lowest BCUT2D eigenvalue weighted by atomic mass is 9.83. The quantitative estimate of drug-likeness (QED) is 0.380. The van der Waals surface area contributed by atoms with Crippen molar-refractivity contribution in [3.63, 3.8) is 0 Å². The Labute approximate surface area is 224 Å². The monoisotopic (exact) mass is 552 g/mol. The van der Waals surface area contributed by atoms with Gasteiger partial charge in [-0.3, -0.25) is 8.37 Å². The maximum Gasteiger partial charge on any atom is 0.297 e. The molecular formula is C30H32O6S2. The van der Waals surface area contributed by atoms with Crippen LogP contribution in [0, 0.1) is 73.0 Å². The first-order chi connectivity index (χ1) is 18.1. The minimum absolute atomic E-state index is 0.215. The Morgan fingerprint density at radius 2 is 0.947 bits per heavy atom. The number of rotatable bonds is 6. The summed E-state index contributed by atoms with van der Waals surface area (Å²) in [7, 11) is -7.71. The first-order valence-corrected chi connectivity index (χ1v) is 16.6. The molecule has 0 spiro atoms. The van der Waals surface area contributed by atoms with Gasteiger partial charge in [0, 0.05) is 0 Å². The molecule has 8 rings (SSSR count). The van der Waals surface area contributed by atoms with Crippen molar-refractivity contribution in [2.24, 2.45) is 59.2 Å². The van der Waals surface area contributed by atoms with Gasteiger partial charge in [0.2, 0.25) is 0 Å². The van der Waals surface area contributed by atoms with Gasteiger partial charge < -0.3 is 0 Å². The second-order valence-electron chi connectivity index (χ2n) is 12.6. The zero-order valence-corrected chi connectivity index (χ0v) is 23.0. The summed E-state index contributed by atoms with van der Waals surface area (Å²) in [6.45, 7) is 3.87. The van der Waals surface area contributed by atoms with Gasteiger partial charge in [-0.25, -0.2) is 0 Å². The maximum absolute atomic E-state index is 13.3. The van der Waals surface area contributed by atoms with Gasteiger partial charge in [-0.1, -0.05) is 47.5 Å². The summed E-state index contributed by atoms with van der Waals surface area (Å²) in [6.07, 6.45) is 5.39. The van der Waals surface area contributed by atoms with Crippen LogP contribution in [0.1, 0.15) is 24.0 Å². The molecular weight excluding hydrogens is 520 g/mol. The van der Waals surface area contributed by atoms with E-state index in [0.717, 1.165) is 24.0 Å². The van der Waals surface area contributed by atoms with Crippen LogP contribution in [0.4, 0.5) is 0 Å². The van der Waals surface area contributed by atoms with Crippen LogP contribution >= 0.6 is 0 Å². The molecule has 0 bridgehead atoms. The highest BCUT2D eigenvalue weighted by Gasteiger charge is 2.77. The molecule has 0 radical (unpaired) electrons. The van der Waals surface area contributed by atoms with Crippen LogP contribution in [0.2, 0.25) is 0 Å². The summed E-state index contributed by atoms with van der Waals surface area (Å²) >= 11 is 0. The Balaban J connectivity index is 1.09. The molecule has 2 aromatic rings. The van der Waals surface area contributed by atoms with E-state index in [4.69, 9.17) is 8.37 Å². The second-order valence-corrected chi connectivity index (χ2v) is 15.8. The van der Waals surface area contributed by atoms with Gasteiger partial charge in [-0.15, -0.1) is 0 Å². The van der Waals surface area contributed by atoms with Gasteiger partial charge in [-0.2, -0.15) is 16.8 Å². The summed E-state index contributed by atoms with van der Waals surface area (Å²) < 4.78 is 65.1. The van der Waals surface area contributed by atoms with Gasteiger partial charge in [0.05, 0.1) is 22.0 Å². The zero-order chi connectivity index (χ0) is 26.1.